The van der Waals surface area contributed by atoms with E-state index in [9.17, 15) is 14.4 Å². The number of rotatable bonds is 9. The van der Waals surface area contributed by atoms with Crippen LogP contribution in [0.25, 0.3) is 0 Å². The molecule has 6 nitrogen and oxygen atoms in total. The van der Waals surface area contributed by atoms with Crippen molar-refractivity contribution in [3.05, 3.63) is 33.8 Å². The van der Waals surface area contributed by atoms with Gasteiger partial charge in [0.15, 0.2) is 6.61 Å². The van der Waals surface area contributed by atoms with Gasteiger partial charge in [0.2, 0.25) is 0 Å². The number of carbonyl (C=O) groups excluding carboxylic acids is 3. The average Bonchev–Trinajstić information content (AvgIpc) is 2.72. The fourth-order valence-electron chi connectivity index (χ4n) is 3.67. The van der Waals surface area contributed by atoms with E-state index >= 15 is 0 Å². The number of amides is 2. The minimum atomic E-state index is -0.881. The molecule has 1 aliphatic carbocycles. The molecule has 31 heavy (non-hydrogen) atoms. The monoisotopic (exact) mass is 488 g/mol. The molecule has 0 radical (unpaired) electrons. The Bertz CT molecular complexity index is 793. The summed E-state index contributed by atoms with van der Waals surface area (Å²) < 4.78 is 5.22. The lowest BCUT2D eigenvalue weighted by atomic mass is 9.78. The number of ether oxygens (including phenoxy) is 1. The molecule has 0 bridgehead atoms. The Labute approximate surface area is 198 Å². The quantitative estimate of drug-likeness (QED) is 0.505. The van der Waals surface area contributed by atoms with Gasteiger partial charge < -0.3 is 15.4 Å². The van der Waals surface area contributed by atoms with E-state index in [0.29, 0.717) is 29.0 Å². The van der Waals surface area contributed by atoms with Crippen molar-refractivity contribution in [3.8, 4) is 0 Å². The van der Waals surface area contributed by atoms with Crippen LogP contribution in [-0.2, 0) is 14.3 Å². The summed E-state index contributed by atoms with van der Waals surface area (Å²) in [6.45, 7) is 3.95. The Hall–Kier alpha value is -1.44. The number of benzene rings is 1. The summed E-state index contributed by atoms with van der Waals surface area (Å²) >= 11 is 13.5. The van der Waals surface area contributed by atoms with Gasteiger partial charge >= 0.3 is 5.97 Å². The maximum Gasteiger partial charge on any atom is 0.329 e. The van der Waals surface area contributed by atoms with Crippen LogP contribution in [0.2, 0.25) is 10.0 Å². The molecule has 2 amide bonds. The normalized spacial score (nSPS) is 21.8. The Kier molecular flexibility index (Phi) is 10.5. The van der Waals surface area contributed by atoms with Crippen LogP contribution in [0.15, 0.2) is 18.2 Å². The smallest absolute Gasteiger partial charge is 0.329 e. The van der Waals surface area contributed by atoms with Gasteiger partial charge in [0.05, 0.1) is 10.6 Å². The predicted molar refractivity (Wildman–Crippen MR) is 126 cm³/mol. The van der Waals surface area contributed by atoms with Crippen LogP contribution in [0, 0.1) is 11.8 Å². The zero-order valence-electron chi connectivity index (χ0n) is 18.1. The summed E-state index contributed by atoms with van der Waals surface area (Å²) in [6.07, 6.45) is 5.44. The van der Waals surface area contributed by atoms with Crippen molar-refractivity contribution in [1.29, 1.82) is 0 Å². The third-order valence-corrected chi connectivity index (χ3v) is 6.97. The maximum atomic E-state index is 12.6. The van der Waals surface area contributed by atoms with Crippen molar-refractivity contribution in [1.82, 2.24) is 10.6 Å². The van der Waals surface area contributed by atoms with Crippen LogP contribution in [0.5, 0.6) is 0 Å². The number of esters is 1. The third-order valence-electron chi connectivity index (χ3n) is 5.77. The van der Waals surface area contributed by atoms with Crippen molar-refractivity contribution in [3.63, 3.8) is 0 Å². The standard InChI is InChI=1S/C22H30Cl2N2O4S/c1-13-5-4-6-18(14(13)2)25-20(27)12-30-22(29)19(9-10-31-3)26-21(28)16-8-7-15(23)11-17(16)24/h7-8,11,13-14,18-19H,4-6,9-10,12H2,1-3H3,(H,25,27)(H,26,28)/t13-,14+,18-,19+/m0/s1. The Balaban J connectivity index is 1.92. The first-order valence-corrected chi connectivity index (χ1v) is 12.6. The topological polar surface area (TPSA) is 84.5 Å². The molecule has 1 aliphatic rings. The van der Waals surface area contributed by atoms with Gasteiger partial charge in [0.1, 0.15) is 6.04 Å². The van der Waals surface area contributed by atoms with Crippen LogP contribution in [0.3, 0.4) is 0 Å². The first-order valence-electron chi connectivity index (χ1n) is 10.4. The van der Waals surface area contributed by atoms with Crippen LogP contribution < -0.4 is 10.6 Å². The molecule has 0 spiro atoms. The van der Waals surface area contributed by atoms with Gasteiger partial charge in [0, 0.05) is 11.1 Å². The second-order valence-corrected chi connectivity index (χ2v) is 9.81. The Morgan fingerprint density at radius 2 is 1.97 bits per heavy atom. The zero-order valence-corrected chi connectivity index (χ0v) is 20.4. The summed E-state index contributed by atoms with van der Waals surface area (Å²) in [7, 11) is 0. The van der Waals surface area contributed by atoms with E-state index in [1.165, 1.54) is 12.1 Å². The molecular weight excluding hydrogens is 459 g/mol. The van der Waals surface area contributed by atoms with Gasteiger partial charge in [-0.15, -0.1) is 0 Å². The average molecular weight is 489 g/mol. The van der Waals surface area contributed by atoms with Crippen molar-refractivity contribution in [2.75, 3.05) is 18.6 Å². The molecular formula is C22H30Cl2N2O4S. The van der Waals surface area contributed by atoms with E-state index in [-0.39, 0.29) is 29.1 Å². The Morgan fingerprint density at radius 3 is 2.65 bits per heavy atom. The second-order valence-electron chi connectivity index (χ2n) is 7.98. The van der Waals surface area contributed by atoms with Crippen molar-refractivity contribution < 1.29 is 19.1 Å². The summed E-state index contributed by atoms with van der Waals surface area (Å²) in [4.78, 5) is 37.5. The fraction of sp³-hybridized carbons (Fsp3) is 0.591. The van der Waals surface area contributed by atoms with E-state index in [2.05, 4.69) is 24.5 Å². The fourth-order valence-corrected chi connectivity index (χ4v) is 4.63. The van der Waals surface area contributed by atoms with Gasteiger partial charge in [-0.2, -0.15) is 11.8 Å². The van der Waals surface area contributed by atoms with E-state index < -0.39 is 17.9 Å². The van der Waals surface area contributed by atoms with Crippen LogP contribution in [0.4, 0.5) is 0 Å². The molecule has 0 saturated heterocycles. The molecule has 4 atom stereocenters. The zero-order chi connectivity index (χ0) is 23.0. The molecule has 9 heteroatoms. The molecule has 1 aromatic rings. The SMILES string of the molecule is CSCC[C@@H](NC(=O)c1ccc(Cl)cc1Cl)C(=O)OCC(=O)N[C@H]1CCC[C@H](C)[C@H]1C. The lowest BCUT2D eigenvalue weighted by Gasteiger charge is -2.34. The Morgan fingerprint density at radius 1 is 1.23 bits per heavy atom. The van der Waals surface area contributed by atoms with E-state index in [1.807, 2.05) is 6.26 Å². The molecule has 0 aromatic heterocycles. The second kappa shape index (κ2) is 12.6. The highest BCUT2D eigenvalue weighted by molar-refractivity contribution is 7.98. The summed E-state index contributed by atoms with van der Waals surface area (Å²) in [5.74, 6) is 0.0957. The van der Waals surface area contributed by atoms with Crippen LogP contribution in [0.1, 0.15) is 49.9 Å². The van der Waals surface area contributed by atoms with Gasteiger partial charge in [-0.25, -0.2) is 4.79 Å². The molecule has 1 saturated carbocycles. The predicted octanol–water partition coefficient (Wildman–Crippen LogP) is 4.33. The molecule has 2 rings (SSSR count). The lowest BCUT2D eigenvalue weighted by Crippen LogP contribution is -2.46. The largest absolute Gasteiger partial charge is 0.454 e. The maximum absolute atomic E-state index is 12.6. The molecule has 0 heterocycles. The summed E-state index contributed by atoms with van der Waals surface area (Å²) in [6, 6.07) is 3.72. The highest BCUT2D eigenvalue weighted by atomic mass is 35.5. The van der Waals surface area contributed by atoms with Crippen LogP contribution in [-0.4, -0.2) is 48.5 Å². The highest BCUT2D eigenvalue weighted by Gasteiger charge is 2.29. The summed E-state index contributed by atoms with van der Waals surface area (Å²) in [5.41, 5.74) is 0.214. The number of hydrogen-bond acceptors (Lipinski definition) is 5. The minimum absolute atomic E-state index is 0.0917. The number of halogens is 2. The van der Waals surface area contributed by atoms with Crippen LogP contribution >= 0.6 is 35.0 Å². The number of carbonyl (C=O) groups is 3. The number of thioether (sulfide) groups is 1. The minimum Gasteiger partial charge on any atom is -0.454 e. The van der Waals surface area contributed by atoms with Crippen molar-refractivity contribution in [2.24, 2.45) is 11.8 Å². The van der Waals surface area contributed by atoms with E-state index in [4.69, 9.17) is 27.9 Å². The van der Waals surface area contributed by atoms with Gasteiger partial charge in [-0.1, -0.05) is 49.9 Å². The molecule has 0 unspecified atom stereocenters. The van der Waals surface area contributed by atoms with Gasteiger partial charge in [-0.05, 0) is 54.9 Å². The van der Waals surface area contributed by atoms with E-state index in [1.54, 1.807) is 17.8 Å². The highest BCUT2D eigenvalue weighted by Crippen LogP contribution is 2.29. The van der Waals surface area contributed by atoms with Gasteiger partial charge in [0.25, 0.3) is 11.8 Å². The summed E-state index contributed by atoms with van der Waals surface area (Å²) in [5, 5.41) is 6.24. The van der Waals surface area contributed by atoms with Crippen molar-refractivity contribution in [2.45, 2.75) is 51.6 Å². The molecule has 0 aliphatic heterocycles. The van der Waals surface area contributed by atoms with E-state index in [0.717, 1.165) is 19.3 Å². The first-order chi connectivity index (χ1) is 14.7. The molecule has 1 aromatic carbocycles. The molecule has 1 fully saturated rings. The molecule has 172 valence electrons. The lowest BCUT2D eigenvalue weighted by molar-refractivity contribution is -0.150. The third kappa shape index (κ3) is 7.88. The first kappa shape index (κ1) is 25.8. The number of hydrogen-bond donors (Lipinski definition) is 2. The molecule has 2 N–H and O–H groups in total. The number of nitrogens with one attached hydrogen (secondary N) is 2. The van der Waals surface area contributed by atoms with Gasteiger partial charge in [-0.3, -0.25) is 9.59 Å². The van der Waals surface area contributed by atoms with Crippen molar-refractivity contribution >= 4 is 52.7 Å².